The van der Waals surface area contributed by atoms with Gasteiger partial charge in [0, 0.05) is 33.8 Å². The summed E-state index contributed by atoms with van der Waals surface area (Å²) < 4.78 is 0. The average molecular weight is 287 g/mol. The van der Waals surface area contributed by atoms with Crippen molar-refractivity contribution in [1.82, 2.24) is 9.91 Å². The van der Waals surface area contributed by atoms with Crippen LogP contribution in [0.5, 0.6) is 0 Å². The third-order valence-electron chi connectivity index (χ3n) is 2.25. The summed E-state index contributed by atoms with van der Waals surface area (Å²) in [5, 5.41) is 7.07. The van der Waals surface area contributed by atoms with E-state index in [0.29, 0.717) is 15.6 Å². The molecule has 0 unspecified atom stereocenters. The Kier molecular flexibility index (Phi) is 5.44. The van der Waals surface area contributed by atoms with Gasteiger partial charge in [0.1, 0.15) is 0 Å². The van der Waals surface area contributed by atoms with E-state index in [1.54, 1.807) is 36.5 Å². The Morgan fingerprint density at radius 3 is 2.17 bits per heavy atom. The highest BCUT2D eigenvalue weighted by molar-refractivity contribution is 6.38. The molecule has 0 aliphatic heterocycles. The van der Waals surface area contributed by atoms with Crippen LogP contribution >= 0.6 is 23.2 Å². The minimum Gasteiger partial charge on any atom is -0.348 e. The van der Waals surface area contributed by atoms with Gasteiger partial charge in [0.25, 0.3) is 0 Å². The maximum atomic E-state index is 6.05. The number of benzene rings is 1. The zero-order valence-corrected chi connectivity index (χ0v) is 12.4. The fourth-order valence-corrected chi connectivity index (χ4v) is 1.96. The van der Waals surface area contributed by atoms with Crippen LogP contribution in [0.4, 0.5) is 0 Å². The molecule has 0 aliphatic rings. The lowest BCUT2D eigenvalue weighted by atomic mass is 10.2. The summed E-state index contributed by atoms with van der Waals surface area (Å²) in [6.45, 7) is 0. The zero-order chi connectivity index (χ0) is 13.7. The molecule has 0 saturated carbocycles. The molecule has 18 heavy (non-hydrogen) atoms. The third kappa shape index (κ3) is 3.62. The maximum Gasteiger partial charge on any atom is 0.216 e. The quantitative estimate of drug-likeness (QED) is 0.476. The van der Waals surface area contributed by atoms with Crippen LogP contribution in [0.25, 0.3) is 0 Å². The molecule has 0 aromatic heterocycles. The summed E-state index contributed by atoms with van der Waals surface area (Å²) in [5.41, 5.74) is 0.696. The van der Waals surface area contributed by atoms with E-state index >= 15 is 0 Å². The van der Waals surface area contributed by atoms with Crippen molar-refractivity contribution >= 4 is 35.4 Å². The molecule has 1 aromatic rings. The van der Waals surface area contributed by atoms with Crippen molar-refractivity contribution in [2.75, 3.05) is 28.2 Å². The minimum absolute atomic E-state index is 0.569. The highest BCUT2D eigenvalue weighted by Crippen LogP contribution is 2.22. The smallest absolute Gasteiger partial charge is 0.216 e. The summed E-state index contributed by atoms with van der Waals surface area (Å²) in [7, 11) is 7.32. The molecule has 1 aromatic carbocycles. The Balaban J connectivity index is 2.94. The van der Waals surface area contributed by atoms with Crippen molar-refractivity contribution in [3.63, 3.8) is 0 Å². The molecule has 6 heteroatoms. The topological polar surface area (TPSA) is 31.2 Å². The Morgan fingerprint density at radius 2 is 1.72 bits per heavy atom. The molecule has 0 radical (unpaired) electrons. The first-order valence-corrected chi connectivity index (χ1v) is 6.08. The van der Waals surface area contributed by atoms with Crippen LogP contribution in [0, 0.1) is 0 Å². The number of hydrogen-bond donors (Lipinski definition) is 0. The summed E-state index contributed by atoms with van der Waals surface area (Å²) >= 11 is 12.1. The van der Waals surface area contributed by atoms with E-state index in [-0.39, 0.29) is 0 Å². The number of aliphatic imine (C=N–C) groups is 1. The number of rotatable bonds is 2. The van der Waals surface area contributed by atoms with Crippen LogP contribution in [0.15, 0.2) is 28.3 Å². The van der Waals surface area contributed by atoms with Gasteiger partial charge in [0.2, 0.25) is 5.96 Å². The monoisotopic (exact) mass is 286 g/mol. The molecule has 0 saturated heterocycles. The van der Waals surface area contributed by atoms with E-state index in [9.17, 15) is 0 Å². The lowest BCUT2D eigenvalue weighted by Crippen LogP contribution is -2.34. The second-order valence-corrected chi connectivity index (χ2v) is 4.64. The van der Waals surface area contributed by atoms with E-state index < -0.39 is 0 Å². The summed E-state index contributed by atoms with van der Waals surface area (Å²) in [5.74, 6) is 0.731. The van der Waals surface area contributed by atoms with E-state index in [0.717, 1.165) is 5.96 Å². The van der Waals surface area contributed by atoms with Crippen LogP contribution in [-0.4, -0.2) is 50.3 Å². The second-order valence-electron chi connectivity index (χ2n) is 3.82. The highest BCUT2D eigenvalue weighted by Gasteiger charge is 2.07. The van der Waals surface area contributed by atoms with E-state index in [2.05, 4.69) is 10.1 Å². The minimum atomic E-state index is 0.569. The van der Waals surface area contributed by atoms with Crippen LogP contribution in [-0.2, 0) is 0 Å². The van der Waals surface area contributed by atoms with Crippen molar-refractivity contribution in [2.24, 2.45) is 10.1 Å². The molecular formula is C12H16Cl2N4. The van der Waals surface area contributed by atoms with E-state index in [1.165, 1.54) is 0 Å². The van der Waals surface area contributed by atoms with E-state index in [4.69, 9.17) is 23.2 Å². The number of guanidine groups is 1. The van der Waals surface area contributed by atoms with Gasteiger partial charge in [-0.15, -0.1) is 0 Å². The molecule has 0 heterocycles. The normalized spacial score (nSPS) is 12.0. The first kappa shape index (κ1) is 14.8. The van der Waals surface area contributed by atoms with Gasteiger partial charge in [-0.05, 0) is 12.1 Å². The van der Waals surface area contributed by atoms with Crippen molar-refractivity contribution in [3.05, 3.63) is 33.8 Å². The zero-order valence-electron chi connectivity index (χ0n) is 10.9. The SMILES string of the molecule is CN=C(N(C)C)N(C)/N=C/c1c(Cl)cccc1Cl. The number of hydrazone groups is 1. The molecule has 0 bridgehead atoms. The number of nitrogens with zero attached hydrogens (tertiary/aromatic N) is 4. The molecule has 0 aliphatic carbocycles. The van der Waals surface area contributed by atoms with Gasteiger partial charge < -0.3 is 4.90 Å². The van der Waals surface area contributed by atoms with Crippen LogP contribution in [0.3, 0.4) is 0 Å². The van der Waals surface area contributed by atoms with Gasteiger partial charge in [0.05, 0.1) is 16.3 Å². The van der Waals surface area contributed by atoms with Gasteiger partial charge in [-0.25, -0.2) is 5.01 Å². The van der Waals surface area contributed by atoms with Crippen molar-refractivity contribution < 1.29 is 0 Å². The molecule has 4 nitrogen and oxygen atoms in total. The lowest BCUT2D eigenvalue weighted by Gasteiger charge is -2.21. The fraction of sp³-hybridized carbons (Fsp3) is 0.333. The van der Waals surface area contributed by atoms with Crippen molar-refractivity contribution in [2.45, 2.75) is 0 Å². The molecule has 0 spiro atoms. The van der Waals surface area contributed by atoms with Gasteiger partial charge >= 0.3 is 0 Å². The Hall–Kier alpha value is -1.26. The predicted molar refractivity (Wildman–Crippen MR) is 78.9 cm³/mol. The van der Waals surface area contributed by atoms with Crippen LogP contribution in [0.1, 0.15) is 5.56 Å². The van der Waals surface area contributed by atoms with Gasteiger partial charge in [-0.3, -0.25) is 4.99 Å². The third-order valence-corrected chi connectivity index (χ3v) is 2.91. The number of hydrogen-bond acceptors (Lipinski definition) is 2. The predicted octanol–water partition coefficient (Wildman–Crippen LogP) is 2.81. The van der Waals surface area contributed by atoms with Crippen molar-refractivity contribution in [3.8, 4) is 0 Å². The highest BCUT2D eigenvalue weighted by atomic mass is 35.5. The first-order chi connectivity index (χ1) is 8.47. The Morgan fingerprint density at radius 1 is 1.17 bits per heavy atom. The summed E-state index contributed by atoms with van der Waals surface area (Å²) in [6.07, 6.45) is 1.62. The summed E-state index contributed by atoms with van der Waals surface area (Å²) in [6, 6.07) is 5.34. The summed E-state index contributed by atoms with van der Waals surface area (Å²) in [4.78, 5) is 6.00. The van der Waals surface area contributed by atoms with Gasteiger partial charge in [-0.1, -0.05) is 29.3 Å². The molecule has 0 fully saturated rings. The fourth-order valence-electron chi connectivity index (χ4n) is 1.46. The molecule has 0 atom stereocenters. The van der Waals surface area contributed by atoms with Crippen LogP contribution < -0.4 is 0 Å². The van der Waals surface area contributed by atoms with E-state index in [1.807, 2.05) is 26.0 Å². The average Bonchev–Trinajstić information content (AvgIpc) is 2.28. The van der Waals surface area contributed by atoms with Crippen LogP contribution in [0.2, 0.25) is 10.0 Å². The molecular weight excluding hydrogens is 271 g/mol. The first-order valence-electron chi connectivity index (χ1n) is 5.33. The molecule has 98 valence electrons. The Bertz CT molecular complexity index is 449. The lowest BCUT2D eigenvalue weighted by molar-refractivity contribution is 0.445. The molecule has 1 rings (SSSR count). The Labute approximate surface area is 118 Å². The maximum absolute atomic E-state index is 6.05. The van der Waals surface area contributed by atoms with Gasteiger partial charge in [0.15, 0.2) is 0 Å². The largest absolute Gasteiger partial charge is 0.348 e. The number of halogens is 2. The molecule has 0 amide bonds. The van der Waals surface area contributed by atoms with Gasteiger partial charge in [-0.2, -0.15) is 5.10 Å². The van der Waals surface area contributed by atoms with Crippen molar-refractivity contribution in [1.29, 1.82) is 0 Å². The molecule has 0 N–H and O–H groups in total. The second kappa shape index (κ2) is 6.61. The standard InChI is InChI=1S/C12H16Cl2N4/c1-15-12(17(2)3)18(4)16-8-9-10(13)6-5-7-11(9)14/h5-8H,1-4H3/b15-12?,16-8+.